The molecule has 11 heteroatoms. The lowest BCUT2D eigenvalue weighted by Gasteiger charge is -2.33. The van der Waals surface area contributed by atoms with Gasteiger partial charge in [0.15, 0.2) is 0 Å². The van der Waals surface area contributed by atoms with Gasteiger partial charge in [0.05, 0.1) is 12.2 Å². The molecule has 1 amide bonds. The summed E-state index contributed by atoms with van der Waals surface area (Å²) in [5, 5.41) is 0. The van der Waals surface area contributed by atoms with Crippen LogP contribution in [0.2, 0.25) is 0 Å². The van der Waals surface area contributed by atoms with Gasteiger partial charge in [-0.15, -0.1) is 0 Å². The molecule has 0 radical (unpaired) electrons. The van der Waals surface area contributed by atoms with Crippen molar-refractivity contribution < 1.29 is 40.0 Å². The fourth-order valence-corrected chi connectivity index (χ4v) is 4.63. The fourth-order valence-electron chi connectivity index (χ4n) is 3.67. The highest BCUT2D eigenvalue weighted by atomic mass is 32.2. The number of hydrogen-bond acceptors (Lipinski definition) is 6. The molecule has 3 rings (SSSR count). The highest BCUT2D eigenvalue weighted by Crippen LogP contribution is 2.32. The maximum absolute atomic E-state index is 13.0. The van der Waals surface area contributed by atoms with Crippen LogP contribution in [0.25, 0.3) is 0 Å². The normalized spacial score (nSPS) is 15.5. The molecule has 2 aromatic rings. The number of nitrogens with zero attached hydrogens (tertiary/aromatic N) is 1. The summed E-state index contributed by atoms with van der Waals surface area (Å²) in [6, 6.07) is 7.92. The zero-order valence-corrected chi connectivity index (χ0v) is 21.4. The van der Waals surface area contributed by atoms with Crippen LogP contribution in [0.4, 0.5) is 18.0 Å². The predicted octanol–water partition coefficient (Wildman–Crippen LogP) is 5.81. The number of alkyl halides is 3. The van der Waals surface area contributed by atoms with Crippen molar-refractivity contribution in [3.05, 3.63) is 53.6 Å². The zero-order valence-electron chi connectivity index (χ0n) is 20.6. The van der Waals surface area contributed by atoms with E-state index in [2.05, 4.69) is 0 Å². The second-order valence-electron chi connectivity index (χ2n) is 9.77. The van der Waals surface area contributed by atoms with Gasteiger partial charge in [-0.05, 0) is 82.3 Å². The summed E-state index contributed by atoms with van der Waals surface area (Å²) >= 11 is 0. The van der Waals surface area contributed by atoms with Crippen molar-refractivity contribution in [3.8, 4) is 11.5 Å². The lowest BCUT2D eigenvalue weighted by Crippen LogP contribution is -2.42. The van der Waals surface area contributed by atoms with Gasteiger partial charge in [-0.3, -0.25) is 0 Å². The third-order valence-corrected chi connectivity index (χ3v) is 6.68. The summed E-state index contributed by atoms with van der Waals surface area (Å²) in [5.41, 5.74) is -0.990. The van der Waals surface area contributed by atoms with Gasteiger partial charge in [-0.2, -0.15) is 21.6 Å². The minimum absolute atomic E-state index is 0.0674. The third-order valence-electron chi connectivity index (χ3n) is 5.43. The maximum Gasteiger partial charge on any atom is 0.416 e. The Labute approximate surface area is 209 Å². The molecule has 0 saturated carbocycles. The number of piperidine rings is 1. The maximum atomic E-state index is 13.0. The molecule has 0 N–H and O–H groups in total. The van der Waals surface area contributed by atoms with Gasteiger partial charge in [0.1, 0.15) is 22.0 Å². The van der Waals surface area contributed by atoms with Crippen molar-refractivity contribution in [2.75, 3.05) is 19.7 Å². The van der Waals surface area contributed by atoms with Crippen LogP contribution in [0.15, 0.2) is 47.4 Å². The average molecular weight is 530 g/mol. The Morgan fingerprint density at radius 1 is 1.03 bits per heavy atom. The van der Waals surface area contributed by atoms with Crippen molar-refractivity contribution in [1.29, 1.82) is 0 Å². The molecule has 1 aliphatic rings. The number of halogens is 3. The van der Waals surface area contributed by atoms with Gasteiger partial charge >= 0.3 is 22.4 Å². The number of benzene rings is 2. The van der Waals surface area contributed by atoms with E-state index in [4.69, 9.17) is 13.7 Å². The smallest absolute Gasteiger partial charge is 0.416 e. The molecule has 1 saturated heterocycles. The standard InChI is InChI=1S/C25H30F3NO6S/c1-17-12-20(33-16-18-8-10-29(11-9-18)23(30)34-24(2,3)4)15-21(13-17)35-36(31,32)22-7-5-6-19(14-22)25(26,27)28/h5-7,12-15,18H,8-11,16H2,1-4H3. The molecular formula is C25H30F3NO6S. The highest BCUT2D eigenvalue weighted by molar-refractivity contribution is 7.87. The van der Waals surface area contributed by atoms with Crippen LogP contribution in [0, 0.1) is 12.8 Å². The molecule has 0 bridgehead atoms. The summed E-state index contributed by atoms with van der Waals surface area (Å²) in [7, 11) is -4.50. The molecule has 0 spiro atoms. The second kappa shape index (κ2) is 10.6. The molecule has 0 unspecified atom stereocenters. The van der Waals surface area contributed by atoms with Crippen LogP contribution in [0.3, 0.4) is 0 Å². The van der Waals surface area contributed by atoms with Crippen molar-refractivity contribution in [3.63, 3.8) is 0 Å². The van der Waals surface area contributed by atoms with Crippen LogP contribution in [-0.4, -0.2) is 44.7 Å². The minimum atomic E-state index is -4.68. The molecule has 198 valence electrons. The van der Waals surface area contributed by atoms with E-state index in [1.54, 1.807) is 17.9 Å². The van der Waals surface area contributed by atoms with E-state index >= 15 is 0 Å². The highest BCUT2D eigenvalue weighted by Gasteiger charge is 2.32. The molecule has 0 atom stereocenters. The van der Waals surface area contributed by atoms with E-state index in [1.165, 1.54) is 12.1 Å². The molecule has 1 aliphatic heterocycles. The van der Waals surface area contributed by atoms with E-state index in [0.717, 1.165) is 31.0 Å². The largest absolute Gasteiger partial charge is 0.493 e. The molecule has 0 aromatic heterocycles. The van der Waals surface area contributed by atoms with Crippen molar-refractivity contribution in [1.82, 2.24) is 4.90 Å². The van der Waals surface area contributed by atoms with Crippen molar-refractivity contribution >= 4 is 16.2 Å². The van der Waals surface area contributed by atoms with E-state index < -0.39 is 32.4 Å². The number of ether oxygens (including phenoxy) is 2. The van der Waals surface area contributed by atoms with Gasteiger partial charge in [0, 0.05) is 19.2 Å². The van der Waals surface area contributed by atoms with E-state index in [-0.39, 0.29) is 17.8 Å². The lowest BCUT2D eigenvalue weighted by atomic mass is 9.98. The summed E-state index contributed by atoms with van der Waals surface area (Å²) in [6.45, 7) is 8.60. The van der Waals surface area contributed by atoms with Crippen LogP contribution in [0.1, 0.15) is 44.7 Å². The van der Waals surface area contributed by atoms with Gasteiger partial charge in [-0.1, -0.05) is 6.07 Å². The predicted molar refractivity (Wildman–Crippen MR) is 126 cm³/mol. The fraction of sp³-hybridized carbons (Fsp3) is 0.480. The first-order valence-corrected chi connectivity index (χ1v) is 12.9. The molecule has 36 heavy (non-hydrogen) atoms. The second-order valence-corrected chi connectivity index (χ2v) is 11.3. The van der Waals surface area contributed by atoms with Gasteiger partial charge in [0.2, 0.25) is 0 Å². The Morgan fingerprint density at radius 2 is 1.67 bits per heavy atom. The van der Waals surface area contributed by atoms with Gasteiger partial charge in [0.25, 0.3) is 0 Å². The Bertz CT molecular complexity index is 1180. The topological polar surface area (TPSA) is 82.1 Å². The number of carbonyl (C=O) groups is 1. The summed E-state index contributed by atoms with van der Waals surface area (Å²) < 4.78 is 80.5. The zero-order chi connectivity index (χ0) is 26.7. The van der Waals surface area contributed by atoms with Gasteiger partial charge in [-0.25, -0.2) is 4.79 Å². The van der Waals surface area contributed by atoms with Crippen molar-refractivity contribution in [2.24, 2.45) is 5.92 Å². The number of rotatable bonds is 6. The first kappa shape index (κ1) is 27.6. The lowest BCUT2D eigenvalue weighted by molar-refractivity contribution is -0.137. The molecule has 1 heterocycles. The molecule has 7 nitrogen and oxygen atoms in total. The number of hydrogen-bond donors (Lipinski definition) is 0. The van der Waals surface area contributed by atoms with Crippen molar-refractivity contribution in [2.45, 2.75) is 57.2 Å². The first-order chi connectivity index (χ1) is 16.6. The summed E-state index contributed by atoms with van der Waals surface area (Å²) in [4.78, 5) is 13.3. The number of amides is 1. The van der Waals surface area contributed by atoms with Crippen LogP contribution in [0.5, 0.6) is 11.5 Å². The summed E-state index contributed by atoms with van der Waals surface area (Å²) in [5.74, 6) is 0.489. The quantitative estimate of drug-likeness (QED) is 0.440. The van der Waals surface area contributed by atoms with Crippen LogP contribution in [-0.2, 0) is 21.0 Å². The number of aryl methyl sites for hydroxylation is 1. The number of carbonyl (C=O) groups excluding carboxylic acids is 1. The molecule has 1 fully saturated rings. The monoisotopic (exact) mass is 529 g/mol. The van der Waals surface area contributed by atoms with E-state index in [0.29, 0.717) is 37.1 Å². The molecule has 0 aliphatic carbocycles. The first-order valence-electron chi connectivity index (χ1n) is 11.5. The van der Waals surface area contributed by atoms with Crippen LogP contribution >= 0.6 is 0 Å². The minimum Gasteiger partial charge on any atom is -0.493 e. The molecule has 2 aromatic carbocycles. The Kier molecular flexibility index (Phi) is 8.12. The molecular weight excluding hydrogens is 499 g/mol. The third kappa shape index (κ3) is 7.78. The number of likely N-dealkylation sites (tertiary alicyclic amines) is 1. The SMILES string of the molecule is Cc1cc(OCC2CCN(C(=O)OC(C)(C)C)CC2)cc(OS(=O)(=O)c2cccc(C(F)(F)F)c2)c1. The Morgan fingerprint density at radius 3 is 2.28 bits per heavy atom. The van der Waals surface area contributed by atoms with E-state index in [1.807, 2.05) is 20.8 Å². The van der Waals surface area contributed by atoms with E-state index in [9.17, 15) is 26.4 Å². The van der Waals surface area contributed by atoms with Gasteiger partial charge < -0.3 is 18.6 Å². The van der Waals surface area contributed by atoms with Crippen LogP contribution < -0.4 is 8.92 Å². The Hall–Kier alpha value is -2.95. The Balaban J connectivity index is 1.61. The summed E-state index contributed by atoms with van der Waals surface area (Å²) in [6.07, 6.45) is -3.58. The average Bonchev–Trinajstić information content (AvgIpc) is 2.76.